The fourth-order valence-electron chi connectivity index (χ4n) is 3.38. The van der Waals surface area contributed by atoms with Crippen molar-refractivity contribution in [3.63, 3.8) is 0 Å². The Kier molecular flexibility index (Phi) is 6.15. The maximum absolute atomic E-state index is 9.42. The molecule has 0 bridgehead atoms. The molecule has 2 heterocycles. The fraction of sp³-hybridized carbons (Fsp3) is 0.474. The highest BCUT2D eigenvalue weighted by molar-refractivity contribution is 5.30. The third-order valence-electron chi connectivity index (χ3n) is 4.66. The number of hydrogen-bond acceptors (Lipinski definition) is 5. The van der Waals surface area contributed by atoms with Crippen molar-refractivity contribution in [1.29, 1.82) is 0 Å². The zero-order chi connectivity index (χ0) is 16.6. The molecule has 1 saturated heterocycles. The quantitative estimate of drug-likeness (QED) is 0.843. The van der Waals surface area contributed by atoms with Crippen molar-refractivity contribution < 1.29 is 5.11 Å². The van der Waals surface area contributed by atoms with Crippen LogP contribution >= 0.6 is 0 Å². The van der Waals surface area contributed by atoms with E-state index in [4.69, 9.17) is 0 Å². The summed E-state index contributed by atoms with van der Waals surface area (Å²) in [6.45, 7) is 4.12. The van der Waals surface area contributed by atoms with Crippen LogP contribution in [0.4, 0.5) is 5.95 Å². The van der Waals surface area contributed by atoms with Gasteiger partial charge in [0.15, 0.2) is 0 Å². The summed E-state index contributed by atoms with van der Waals surface area (Å²) in [5, 5.41) is 9.42. The van der Waals surface area contributed by atoms with Crippen molar-refractivity contribution >= 4 is 5.95 Å². The minimum atomic E-state index is 0.226. The molecule has 1 aliphatic heterocycles. The van der Waals surface area contributed by atoms with Crippen molar-refractivity contribution in [2.75, 3.05) is 37.7 Å². The number of hydrogen-bond donors (Lipinski definition) is 1. The van der Waals surface area contributed by atoms with Crippen LogP contribution in [0.25, 0.3) is 0 Å². The number of benzene rings is 1. The largest absolute Gasteiger partial charge is 0.396 e. The second-order valence-corrected chi connectivity index (χ2v) is 6.29. The first kappa shape index (κ1) is 16.9. The average molecular weight is 326 g/mol. The Morgan fingerprint density at radius 1 is 1.04 bits per heavy atom. The van der Waals surface area contributed by atoms with E-state index in [-0.39, 0.29) is 6.61 Å². The predicted molar refractivity (Wildman–Crippen MR) is 96.1 cm³/mol. The number of aliphatic hydroxyl groups is 1. The van der Waals surface area contributed by atoms with Crippen LogP contribution in [-0.4, -0.2) is 58.8 Å². The molecule has 1 fully saturated rings. The molecule has 0 amide bonds. The average Bonchev–Trinajstić information content (AvgIpc) is 2.65. The van der Waals surface area contributed by atoms with Gasteiger partial charge in [-0.25, -0.2) is 9.97 Å². The third kappa shape index (κ3) is 4.52. The highest BCUT2D eigenvalue weighted by Crippen LogP contribution is 2.17. The van der Waals surface area contributed by atoms with Crippen molar-refractivity contribution in [2.45, 2.75) is 25.3 Å². The highest BCUT2D eigenvalue weighted by atomic mass is 16.3. The summed E-state index contributed by atoms with van der Waals surface area (Å²) in [5.41, 5.74) is 1.40. The van der Waals surface area contributed by atoms with Crippen LogP contribution in [0, 0.1) is 0 Å². The summed E-state index contributed by atoms with van der Waals surface area (Å²) in [4.78, 5) is 13.5. The highest BCUT2D eigenvalue weighted by Gasteiger charge is 2.27. The SMILES string of the molecule is OCC[C@@H]1CN(c2ncccn2)CCN1CCCc1ccccc1. The standard InChI is InChI=1S/C19H26N4O/c24-15-9-18-16-23(19-20-10-5-11-21-19)14-13-22(18)12-4-8-17-6-2-1-3-7-17/h1-3,5-7,10-11,18,24H,4,8-9,12-16H2/t18-/m1/s1. The Hall–Kier alpha value is -1.98. The molecular formula is C19H26N4O. The monoisotopic (exact) mass is 326 g/mol. The maximum atomic E-state index is 9.42. The molecule has 24 heavy (non-hydrogen) atoms. The Balaban J connectivity index is 1.54. The first-order valence-corrected chi connectivity index (χ1v) is 8.77. The first-order valence-electron chi connectivity index (χ1n) is 8.77. The van der Waals surface area contributed by atoms with E-state index in [9.17, 15) is 5.11 Å². The Bertz CT molecular complexity index is 591. The minimum Gasteiger partial charge on any atom is -0.396 e. The molecule has 1 aromatic carbocycles. The molecular weight excluding hydrogens is 300 g/mol. The molecule has 0 saturated carbocycles. The van der Waals surface area contributed by atoms with Crippen LogP contribution in [0.1, 0.15) is 18.4 Å². The van der Waals surface area contributed by atoms with E-state index < -0.39 is 0 Å². The van der Waals surface area contributed by atoms with Gasteiger partial charge in [-0.1, -0.05) is 30.3 Å². The number of anilines is 1. The molecule has 5 heteroatoms. The molecule has 1 N–H and O–H groups in total. The van der Waals surface area contributed by atoms with E-state index in [2.05, 4.69) is 50.1 Å². The van der Waals surface area contributed by atoms with Crippen molar-refractivity contribution in [1.82, 2.24) is 14.9 Å². The van der Waals surface area contributed by atoms with Gasteiger partial charge in [0.05, 0.1) is 0 Å². The molecule has 1 aliphatic rings. The van der Waals surface area contributed by atoms with E-state index in [0.717, 1.165) is 51.4 Å². The van der Waals surface area contributed by atoms with E-state index in [1.165, 1.54) is 5.56 Å². The fourth-order valence-corrected chi connectivity index (χ4v) is 3.38. The molecule has 0 unspecified atom stereocenters. The zero-order valence-electron chi connectivity index (χ0n) is 14.1. The maximum Gasteiger partial charge on any atom is 0.225 e. The van der Waals surface area contributed by atoms with Crippen LogP contribution in [-0.2, 0) is 6.42 Å². The van der Waals surface area contributed by atoms with Crippen molar-refractivity contribution in [2.24, 2.45) is 0 Å². The molecule has 5 nitrogen and oxygen atoms in total. The van der Waals surface area contributed by atoms with Crippen LogP contribution in [0.15, 0.2) is 48.8 Å². The third-order valence-corrected chi connectivity index (χ3v) is 4.66. The number of aliphatic hydroxyl groups excluding tert-OH is 1. The zero-order valence-corrected chi connectivity index (χ0v) is 14.1. The Morgan fingerprint density at radius 2 is 1.83 bits per heavy atom. The lowest BCUT2D eigenvalue weighted by Gasteiger charge is -2.41. The van der Waals surface area contributed by atoms with E-state index in [1.807, 2.05) is 6.07 Å². The van der Waals surface area contributed by atoms with Crippen molar-refractivity contribution in [3.05, 3.63) is 54.4 Å². The van der Waals surface area contributed by atoms with Gasteiger partial charge < -0.3 is 10.0 Å². The van der Waals surface area contributed by atoms with Crippen LogP contribution in [0.5, 0.6) is 0 Å². The summed E-state index contributed by atoms with van der Waals surface area (Å²) < 4.78 is 0. The van der Waals surface area contributed by atoms with Gasteiger partial charge >= 0.3 is 0 Å². The summed E-state index contributed by atoms with van der Waals surface area (Å²) in [5.74, 6) is 0.796. The van der Waals surface area contributed by atoms with Gasteiger partial charge in [0.1, 0.15) is 0 Å². The lowest BCUT2D eigenvalue weighted by Crippen LogP contribution is -2.54. The molecule has 128 valence electrons. The summed E-state index contributed by atoms with van der Waals surface area (Å²) >= 11 is 0. The van der Waals surface area contributed by atoms with Gasteiger partial charge in [-0.15, -0.1) is 0 Å². The van der Waals surface area contributed by atoms with Gasteiger partial charge in [-0.05, 0) is 37.4 Å². The minimum absolute atomic E-state index is 0.226. The molecule has 3 rings (SSSR count). The number of aromatic nitrogens is 2. The van der Waals surface area contributed by atoms with E-state index in [0.29, 0.717) is 6.04 Å². The first-order chi connectivity index (χ1) is 11.9. The molecule has 2 aromatic rings. The van der Waals surface area contributed by atoms with Gasteiger partial charge in [0, 0.05) is 44.7 Å². The van der Waals surface area contributed by atoms with Gasteiger partial charge in [-0.2, -0.15) is 0 Å². The second-order valence-electron chi connectivity index (χ2n) is 6.29. The van der Waals surface area contributed by atoms with E-state index >= 15 is 0 Å². The number of piperazine rings is 1. The molecule has 1 aromatic heterocycles. The Labute approximate surface area is 144 Å². The van der Waals surface area contributed by atoms with Gasteiger partial charge in [0.25, 0.3) is 0 Å². The van der Waals surface area contributed by atoms with E-state index in [1.54, 1.807) is 12.4 Å². The summed E-state index contributed by atoms with van der Waals surface area (Å²) in [6, 6.07) is 12.8. The van der Waals surface area contributed by atoms with Crippen LogP contribution in [0.3, 0.4) is 0 Å². The van der Waals surface area contributed by atoms with Gasteiger partial charge in [-0.3, -0.25) is 4.90 Å². The molecule has 1 atom stereocenters. The van der Waals surface area contributed by atoms with Crippen LogP contribution < -0.4 is 4.90 Å². The molecule has 0 spiro atoms. The summed E-state index contributed by atoms with van der Waals surface area (Å²) in [6.07, 6.45) is 6.63. The van der Waals surface area contributed by atoms with Crippen molar-refractivity contribution in [3.8, 4) is 0 Å². The van der Waals surface area contributed by atoms with Gasteiger partial charge in [0.2, 0.25) is 5.95 Å². The number of nitrogens with zero attached hydrogens (tertiary/aromatic N) is 4. The lowest BCUT2D eigenvalue weighted by molar-refractivity contribution is 0.140. The second kappa shape index (κ2) is 8.76. The number of aryl methyl sites for hydroxylation is 1. The predicted octanol–water partition coefficient (Wildman–Crippen LogP) is 1.98. The molecule has 0 radical (unpaired) electrons. The smallest absolute Gasteiger partial charge is 0.225 e. The molecule has 0 aliphatic carbocycles. The Morgan fingerprint density at radius 3 is 2.58 bits per heavy atom. The van der Waals surface area contributed by atoms with Crippen LogP contribution in [0.2, 0.25) is 0 Å². The normalized spacial score (nSPS) is 18.7. The number of rotatable bonds is 7. The lowest BCUT2D eigenvalue weighted by atomic mass is 10.1. The summed E-state index contributed by atoms with van der Waals surface area (Å²) in [7, 11) is 0. The topological polar surface area (TPSA) is 52.5 Å².